The Kier molecular flexibility index (Phi) is 5.65. The molecule has 3 rings (SSSR count). The van der Waals surface area contributed by atoms with Crippen LogP contribution >= 0.6 is 23.2 Å². The number of nitrogens with zero attached hydrogens (tertiary/aromatic N) is 3. The van der Waals surface area contributed by atoms with Crippen molar-refractivity contribution in [2.24, 2.45) is 0 Å². The van der Waals surface area contributed by atoms with Crippen LogP contribution in [-0.4, -0.2) is 20.9 Å². The number of rotatable bonds is 5. The molecule has 0 spiro atoms. The molecule has 0 fully saturated rings. The van der Waals surface area contributed by atoms with E-state index in [1.807, 2.05) is 18.2 Å². The van der Waals surface area contributed by atoms with Crippen LogP contribution in [0.5, 0.6) is 0 Å². The van der Waals surface area contributed by atoms with E-state index in [1.165, 1.54) is 0 Å². The third-order valence-corrected chi connectivity index (χ3v) is 4.07. The summed E-state index contributed by atoms with van der Waals surface area (Å²) < 4.78 is 0. The van der Waals surface area contributed by atoms with E-state index in [0.717, 1.165) is 5.69 Å². The average molecular weight is 388 g/mol. The van der Waals surface area contributed by atoms with E-state index < -0.39 is 5.91 Å². The lowest BCUT2D eigenvalue weighted by atomic mass is 10.2. The van der Waals surface area contributed by atoms with Crippen LogP contribution in [0.1, 0.15) is 21.9 Å². The largest absolute Gasteiger partial charge is 0.349 e. The molecule has 6 nitrogen and oxygen atoms in total. The number of aryl methyl sites for hydroxylation is 1. The lowest BCUT2D eigenvalue weighted by Crippen LogP contribution is -2.16. The van der Waals surface area contributed by atoms with Crippen LogP contribution in [-0.2, 0) is 6.54 Å². The maximum absolute atomic E-state index is 12.5. The van der Waals surface area contributed by atoms with Gasteiger partial charge in [0.1, 0.15) is 5.69 Å². The van der Waals surface area contributed by atoms with Gasteiger partial charge in [0, 0.05) is 11.9 Å². The fourth-order valence-electron chi connectivity index (χ4n) is 2.23. The van der Waals surface area contributed by atoms with Crippen molar-refractivity contribution >= 4 is 40.7 Å². The van der Waals surface area contributed by atoms with E-state index in [4.69, 9.17) is 23.2 Å². The third-order valence-electron chi connectivity index (χ3n) is 3.44. The molecule has 8 heteroatoms. The molecular weight excluding hydrogens is 373 g/mol. The molecule has 0 radical (unpaired) electrons. The Balaban J connectivity index is 1.77. The Hall–Kier alpha value is -2.70. The van der Waals surface area contributed by atoms with Gasteiger partial charge in [-0.05, 0) is 37.3 Å². The molecule has 2 heterocycles. The highest BCUT2D eigenvalue weighted by Crippen LogP contribution is 2.30. The molecule has 0 saturated carbocycles. The van der Waals surface area contributed by atoms with Crippen molar-refractivity contribution < 1.29 is 4.79 Å². The summed E-state index contributed by atoms with van der Waals surface area (Å²) in [5.74, 6) is -0.0857. The van der Waals surface area contributed by atoms with Gasteiger partial charge in [-0.25, -0.2) is 9.97 Å². The Morgan fingerprint density at radius 1 is 1.08 bits per heavy atom. The number of para-hydroxylation sites is 1. The quantitative estimate of drug-likeness (QED) is 0.679. The number of hydrogen-bond donors (Lipinski definition) is 2. The minimum atomic E-state index is -0.425. The maximum atomic E-state index is 12.5. The summed E-state index contributed by atoms with van der Waals surface area (Å²) in [5, 5.41) is 6.46. The standard InChI is InChI=1S/C18H15Cl2N5O/c1-11-9-15(17(26)25-16-13(19)6-4-7-14(16)20)24-18(23-11)22-10-12-5-2-3-8-21-12/h2-9H,10H2,1H3,(H,25,26)(H,22,23,24). The number of pyridine rings is 1. The monoisotopic (exact) mass is 387 g/mol. The fraction of sp³-hybridized carbons (Fsp3) is 0.111. The molecule has 132 valence electrons. The van der Waals surface area contributed by atoms with E-state index in [2.05, 4.69) is 25.6 Å². The molecule has 3 aromatic rings. The number of halogens is 2. The molecule has 0 saturated heterocycles. The van der Waals surface area contributed by atoms with Crippen LogP contribution < -0.4 is 10.6 Å². The molecule has 26 heavy (non-hydrogen) atoms. The fourth-order valence-corrected chi connectivity index (χ4v) is 2.72. The normalized spacial score (nSPS) is 10.4. The van der Waals surface area contributed by atoms with Gasteiger partial charge in [-0.3, -0.25) is 9.78 Å². The molecule has 0 unspecified atom stereocenters. The van der Waals surface area contributed by atoms with E-state index in [1.54, 1.807) is 37.4 Å². The van der Waals surface area contributed by atoms with Crippen molar-refractivity contribution in [3.05, 3.63) is 75.8 Å². The summed E-state index contributed by atoms with van der Waals surface area (Å²) >= 11 is 12.2. The van der Waals surface area contributed by atoms with Crippen molar-refractivity contribution in [2.45, 2.75) is 13.5 Å². The van der Waals surface area contributed by atoms with Crippen molar-refractivity contribution in [1.82, 2.24) is 15.0 Å². The second-order valence-corrected chi connectivity index (χ2v) is 6.26. The SMILES string of the molecule is Cc1cc(C(=O)Nc2c(Cl)cccc2Cl)nc(NCc2ccccn2)n1. The summed E-state index contributed by atoms with van der Waals surface area (Å²) in [4.78, 5) is 25.3. The second kappa shape index (κ2) is 8.12. The highest BCUT2D eigenvalue weighted by Gasteiger charge is 2.14. The Morgan fingerprint density at radius 2 is 1.85 bits per heavy atom. The minimum Gasteiger partial charge on any atom is -0.349 e. The first-order chi connectivity index (χ1) is 12.5. The first-order valence-electron chi connectivity index (χ1n) is 7.78. The maximum Gasteiger partial charge on any atom is 0.274 e. The summed E-state index contributed by atoms with van der Waals surface area (Å²) in [6.45, 7) is 2.23. The number of carbonyl (C=O) groups excluding carboxylic acids is 1. The third kappa shape index (κ3) is 4.47. The lowest BCUT2D eigenvalue weighted by Gasteiger charge is -2.10. The van der Waals surface area contributed by atoms with Crippen LogP contribution in [0, 0.1) is 6.92 Å². The molecule has 1 aromatic carbocycles. The summed E-state index contributed by atoms with van der Waals surface area (Å²) in [5.41, 5.74) is 2.04. The van der Waals surface area contributed by atoms with Gasteiger partial charge >= 0.3 is 0 Å². The van der Waals surface area contributed by atoms with Crippen LogP contribution in [0.4, 0.5) is 11.6 Å². The zero-order valence-electron chi connectivity index (χ0n) is 13.8. The van der Waals surface area contributed by atoms with E-state index in [-0.39, 0.29) is 5.69 Å². The summed E-state index contributed by atoms with van der Waals surface area (Å²) in [6.07, 6.45) is 1.71. The molecule has 0 bridgehead atoms. The minimum absolute atomic E-state index is 0.206. The summed E-state index contributed by atoms with van der Waals surface area (Å²) in [6, 6.07) is 12.2. The molecule has 2 aromatic heterocycles. The molecule has 0 aliphatic carbocycles. The molecular formula is C18H15Cl2N5O. The van der Waals surface area contributed by atoms with Crippen molar-refractivity contribution in [3.8, 4) is 0 Å². The van der Waals surface area contributed by atoms with Gasteiger partial charge in [-0.1, -0.05) is 35.3 Å². The van der Waals surface area contributed by atoms with Gasteiger partial charge < -0.3 is 10.6 Å². The predicted octanol–water partition coefficient (Wildman–Crippen LogP) is 4.35. The Labute approximate surface area is 160 Å². The van der Waals surface area contributed by atoms with Crippen LogP contribution in [0.15, 0.2) is 48.7 Å². The van der Waals surface area contributed by atoms with Gasteiger partial charge in [-0.15, -0.1) is 0 Å². The van der Waals surface area contributed by atoms with Crippen molar-refractivity contribution in [1.29, 1.82) is 0 Å². The molecule has 0 aliphatic heterocycles. The first kappa shape index (κ1) is 18.1. The van der Waals surface area contributed by atoms with Crippen molar-refractivity contribution in [2.75, 3.05) is 10.6 Å². The first-order valence-corrected chi connectivity index (χ1v) is 8.53. The van der Waals surface area contributed by atoms with Crippen LogP contribution in [0.25, 0.3) is 0 Å². The topological polar surface area (TPSA) is 79.8 Å². The van der Waals surface area contributed by atoms with Gasteiger partial charge in [0.05, 0.1) is 28.0 Å². The predicted molar refractivity (Wildman–Crippen MR) is 103 cm³/mol. The van der Waals surface area contributed by atoms with Gasteiger partial charge in [0.15, 0.2) is 0 Å². The number of nitrogens with one attached hydrogen (secondary N) is 2. The number of amides is 1. The van der Waals surface area contributed by atoms with Gasteiger partial charge in [-0.2, -0.15) is 0 Å². The molecule has 0 atom stereocenters. The molecule has 2 N–H and O–H groups in total. The molecule has 0 aliphatic rings. The van der Waals surface area contributed by atoms with Crippen LogP contribution in [0.2, 0.25) is 10.0 Å². The number of hydrogen-bond acceptors (Lipinski definition) is 5. The Bertz CT molecular complexity index is 914. The molecule has 1 amide bonds. The number of carbonyl (C=O) groups is 1. The van der Waals surface area contributed by atoms with E-state index >= 15 is 0 Å². The van der Waals surface area contributed by atoms with E-state index in [0.29, 0.717) is 33.9 Å². The number of benzene rings is 1. The number of anilines is 2. The van der Waals surface area contributed by atoms with Crippen molar-refractivity contribution in [3.63, 3.8) is 0 Å². The highest BCUT2D eigenvalue weighted by molar-refractivity contribution is 6.40. The van der Waals surface area contributed by atoms with Gasteiger partial charge in [0.2, 0.25) is 5.95 Å². The Morgan fingerprint density at radius 3 is 2.54 bits per heavy atom. The average Bonchev–Trinajstić information content (AvgIpc) is 2.63. The highest BCUT2D eigenvalue weighted by atomic mass is 35.5. The zero-order chi connectivity index (χ0) is 18.5. The van der Waals surface area contributed by atoms with Crippen LogP contribution in [0.3, 0.4) is 0 Å². The second-order valence-electron chi connectivity index (χ2n) is 5.44. The summed E-state index contributed by atoms with van der Waals surface area (Å²) in [7, 11) is 0. The van der Waals surface area contributed by atoms with Gasteiger partial charge in [0.25, 0.3) is 5.91 Å². The smallest absolute Gasteiger partial charge is 0.274 e. The van der Waals surface area contributed by atoms with E-state index in [9.17, 15) is 4.79 Å². The lowest BCUT2D eigenvalue weighted by molar-refractivity contribution is 0.102. The number of aromatic nitrogens is 3. The zero-order valence-corrected chi connectivity index (χ0v) is 15.3.